The van der Waals surface area contributed by atoms with Gasteiger partial charge in [-0.05, 0) is 20.9 Å². The maximum atomic E-state index is 12.3. The van der Waals surface area contributed by atoms with E-state index in [2.05, 4.69) is 30.7 Å². The van der Waals surface area contributed by atoms with Gasteiger partial charge in [-0.15, -0.1) is 10.2 Å². The van der Waals surface area contributed by atoms with Gasteiger partial charge in [0.05, 0.1) is 12.6 Å². The van der Waals surface area contributed by atoms with Gasteiger partial charge in [0.25, 0.3) is 0 Å². The van der Waals surface area contributed by atoms with Crippen LogP contribution in [0.3, 0.4) is 0 Å². The van der Waals surface area contributed by atoms with E-state index in [-0.39, 0.29) is 10.7 Å². The molecule has 0 aromatic carbocycles. The van der Waals surface area contributed by atoms with E-state index >= 15 is 0 Å². The zero-order chi connectivity index (χ0) is 14.8. The molecule has 0 fully saturated rings. The van der Waals surface area contributed by atoms with Crippen molar-refractivity contribution in [3.8, 4) is 0 Å². The minimum Gasteiger partial charge on any atom is -0.464 e. The number of rotatable bonds is 6. The van der Waals surface area contributed by atoms with Gasteiger partial charge < -0.3 is 9.73 Å². The molecule has 0 aliphatic heterocycles. The van der Waals surface area contributed by atoms with Gasteiger partial charge in [0.2, 0.25) is 10.0 Å². The largest absolute Gasteiger partial charge is 0.464 e. The number of aromatic amines is 1. The summed E-state index contributed by atoms with van der Waals surface area (Å²) in [6.45, 7) is 3.69. The van der Waals surface area contributed by atoms with Gasteiger partial charge in [0, 0.05) is 6.07 Å². The van der Waals surface area contributed by atoms with E-state index in [0.717, 1.165) is 0 Å². The Kier molecular flexibility index (Phi) is 4.16. The highest BCUT2D eigenvalue weighted by Gasteiger charge is 2.25. The second kappa shape index (κ2) is 5.69. The van der Waals surface area contributed by atoms with Crippen LogP contribution >= 0.6 is 0 Å². The molecule has 2 rings (SSSR count). The first-order chi connectivity index (χ1) is 9.44. The third-order valence-corrected chi connectivity index (χ3v) is 4.29. The Morgan fingerprint density at radius 3 is 2.85 bits per heavy atom. The number of hydrogen-bond acceptors (Lipinski definition) is 7. The van der Waals surface area contributed by atoms with Gasteiger partial charge in [-0.3, -0.25) is 0 Å². The second-order valence-corrected chi connectivity index (χ2v) is 5.96. The molecule has 0 saturated heterocycles. The summed E-state index contributed by atoms with van der Waals surface area (Å²) in [6.07, 6.45) is 0. The second-order valence-electron chi connectivity index (χ2n) is 4.28. The first-order valence-corrected chi connectivity index (χ1v) is 7.42. The maximum Gasteiger partial charge on any atom is 0.244 e. The molecule has 0 aliphatic carbocycles. The first kappa shape index (κ1) is 14.6. The number of furan rings is 1. The smallest absolute Gasteiger partial charge is 0.244 e. The highest BCUT2D eigenvalue weighted by molar-refractivity contribution is 7.89. The fourth-order valence-corrected chi connectivity index (χ4v) is 3.16. The highest BCUT2D eigenvalue weighted by Crippen LogP contribution is 2.21. The zero-order valence-corrected chi connectivity index (χ0v) is 12.2. The van der Waals surface area contributed by atoms with Crippen molar-refractivity contribution in [3.05, 3.63) is 23.4 Å². The van der Waals surface area contributed by atoms with Crippen molar-refractivity contribution >= 4 is 10.0 Å². The van der Waals surface area contributed by atoms with E-state index in [1.54, 1.807) is 20.9 Å². The number of nitrogens with one attached hydrogen (secondary N) is 3. The SMILES string of the molecule is CNCc1cc(S(=O)(=O)NC(C)c2nn[nH]n2)c(C)o1. The average Bonchev–Trinajstić information content (AvgIpc) is 2.98. The minimum absolute atomic E-state index is 0.109. The lowest BCUT2D eigenvalue weighted by molar-refractivity contribution is 0.465. The number of nitrogens with zero attached hydrogens (tertiary/aromatic N) is 3. The normalized spacial score (nSPS) is 13.6. The van der Waals surface area contributed by atoms with Crippen LogP contribution in [0, 0.1) is 6.92 Å². The summed E-state index contributed by atoms with van der Waals surface area (Å²) >= 11 is 0. The monoisotopic (exact) mass is 300 g/mol. The molecule has 2 aromatic heterocycles. The molecule has 10 heteroatoms. The number of sulfonamides is 1. The van der Waals surface area contributed by atoms with E-state index in [4.69, 9.17) is 4.42 Å². The van der Waals surface area contributed by atoms with Crippen LogP contribution in [-0.4, -0.2) is 36.1 Å². The van der Waals surface area contributed by atoms with Crippen molar-refractivity contribution in [1.82, 2.24) is 30.7 Å². The molecule has 9 nitrogen and oxygen atoms in total. The lowest BCUT2D eigenvalue weighted by Gasteiger charge is -2.09. The van der Waals surface area contributed by atoms with Crippen LogP contribution in [0.25, 0.3) is 0 Å². The number of aryl methyl sites for hydroxylation is 1. The van der Waals surface area contributed by atoms with Crippen LogP contribution in [0.15, 0.2) is 15.4 Å². The number of hydrogen-bond donors (Lipinski definition) is 3. The Balaban J connectivity index is 2.22. The Hall–Kier alpha value is -1.78. The molecule has 0 spiro atoms. The predicted octanol–water partition coefficient (Wildman–Crippen LogP) is -0.140. The van der Waals surface area contributed by atoms with E-state index in [0.29, 0.717) is 18.1 Å². The number of tetrazole rings is 1. The molecule has 0 aliphatic rings. The highest BCUT2D eigenvalue weighted by atomic mass is 32.2. The van der Waals surface area contributed by atoms with Crippen LogP contribution in [0.5, 0.6) is 0 Å². The number of aromatic nitrogens is 4. The fraction of sp³-hybridized carbons (Fsp3) is 0.500. The van der Waals surface area contributed by atoms with E-state index in [1.807, 2.05) is 0 Å². The summed E-state index contributed by atoms with van der Waals surface area (Å²) < 4.78 is 32.5. The Morgan fingerprint density at radius 1 is 1.50 bits per heavy atom. The predicted molar refractivity (Wildman–Crippen MR) is 69.1 cm³/mol. The molecule has 3 N–H and O–H groups in total. The Labute approximate surface area is 116 Å². The van der Waals surface area contributed by atoms with E-state index in [9.17, 15) is 8.42 Å². The van der Waals surface area contributed by atoms with Gasteiger partial charge in [-0.25, -0.2) is 13.1 Å². The summed E-state index contributed by atoms with van der Waals surface area (Å²) in [4.78, 5) is 0.109. The van der Waals surface area contributed by atoms with Crippen molar-refractivity contribution in [2.75, 3.05) is 7.05 Å². The average molecular weight is 300 g/mol. The molecule has 20 heavy (non-hydrogen) atoms. The van der Waals surface area contributed by atoms with Gasteiger partial charge in [0.15, 0.2) is 5.82 Å². The fourth-order valence-electron chi connectivity index (χ4n) is 1.75. The summed E-state index contributed by atoms with van der Waals surface area (Å²) in [5.41, 5.74) is 0. The van der Waals surface area contributed by atoms with Gasteiger partial charge in [-0.2, -0.15) is 5.21 Å². The third-order valence-electron chi connectivity index (χ3n) is 2.64. The Morgan fingerprint density at radius 2 is 2.25 bits per heavy atom. The topological polar surface area (TPSA) is 126 Å². The molecule has 110 valence electrons. The third kappa shape index (κ3) is 3.03. The van der Waals surface area contributed by atoms with Crippen LogP contribution in [0.1, 0.15) is 30.3 Å². The molecule has 1 unspecified atom stereocenters. The van der Waals surface area contributed by atoms with Crippen LogP contribution in [0.2, 0.25) is 0 Å². The van der Waals surface area contributed by atoms with Crippen molar-refractivity contribution in [2.45, 2.75) is 31.3 Å². The molecule has 0 radical (unpaired) electrons. The molecule has 2 heterocycles. The van der Waals surface area contributed by atoms with Crippen molar-refractivity contribution in [3.63, 3.8) is 0 Å². The summed E-state index contributed by atoms with van der Waals surface area (Å²) in [5, 5.41) is 16.1. The van der Waals surface area contributed by atoms with Gasteiger partial charge in [-0.1, -0.05) is 5.21 Å². The molecule has 1 atom stereocenters. The van der Waals surface area contributed by atoms with Crippen molar-refractivity contribution in [1.29, 1.82) is 0 Å². The van der Waals surface area contributed by atoms with Gasteiger partial charge >= 0.3 is 0 Å². The molecular weight excluding hydrogens is 284 g/mol. The lowest BCUT2D eigenvalue weighted by atomic mass is 10.4. The standard InChI is InChI=1S/C10H16N6O3S/c1-6(10-12-15-16-13-10)14-20(17,18)9-4-8(5-11-3)19-7(9)2/h4,6,11,14H,5H2,1-3H3,(H,12,13,15,16). The Bertz CT molecular complexity index is 663. The summed E-state index contributed by atoms with van der Waals surface area (Å²) in [5.74, 6) is 1.16. The molecule has 0 saturated carbocycles. The molecule has 2 aromatic rings. The molecular formula is C10H16N6O3S. The van der Waals surface area contributed by atoms with Crippen LogP contribution < -0.4 is 10.0 Å². The van der Waals surface area contributed by atoms with Crippen molar-refractivity contribution in [2.24, 2.45) is 0 Å². The first-order valence-electron chi connectivity index (χ1n) is 5.93. The molecule has 0 bridgehead atoms. The van der Waals surface area contributed by atoms with Crippen molar-refractivity contribution < 1.29 is 12.8 Å². The van der Waals surface area contributed by atoms with Gasteiger partial charge in [0.1, 0.15) is 16.4 Å². The zero-order valence-electron chi connectivity index (χ0n) is 11.3. The molecule has 0 amide bonds. The summed E-state index contributed by atoms with van der Waals surface area (Å²) in [6, 6.07) is 0.901. The number of H-pyrrole nitrogens is 1. The van der Waals surface area contributed by atoms with E-state index in [1.165, 1.54) is 6.07 Å². The van der Waals surface area contributed by atoms with Crippen LogP contribution in [0.4, 0.5) is 0 Å². The van der Waals surface area contributed by atoms with E-state index < -0.39 is 16.1 Å². The quantitative estimate of drug-likeness (QED) is 0.677. The lowest BCUT2D eigenvalue weighted by Crippen LogP contribution is -2.27. The maximum absolute atomic E-state index is 12.3. The van der Waals surface area contributed by atoms with Crippen LogP contribution in [-0.2, 0) is 16.6 Å². The minimum atomic E-state index is -3.71. The summed E-state index contributed by atoms with van der Waals surface area (Å²) in [7, 11) is -1.95.